The van der Waals surface area contributed by atoms with Crippen molar-refractivity contribution in [3.05, 3.63) is 48.4 Å². The third-order valence-corrected chi connectivity index (χ3v) is 4.06. The summed E-state index contributed by atoms with van der Waals surface area (Å²) in [5, 5.41) is 12.2. The van der Waals surface area contributed by atoms with Crippen molar-refractivity contribution in [3.63, 3.8) is 0 Å². The molecule has 0 spiro atoms. The Hall–Kier alpha value is -2.74. The number of nitrogens with one attached hydrogen (secondary N) is 1. The predicted molar refractivity (Wildman–Crippen MR) is 85.5 cm³/mol. The third kappa shape index (κ3) is 2.46. The van der Waals surface area contributed by atoms with Crippen LogP contribution < -0.4 is 0 Å². The number of nitrogens with zero attached hydrogens (tertiary/aromatic N) is 5. The molecule has 0 bridgehead atoms. The molecule has 0 saturated heterocycles. The molecule has 3 heterocycles. The van der Waals surface area contributed by atoms with Crippen molar-refractivity contribution in [2.75, 3.05) is 6.26 Å². The smallest absolute Gasteiger partial charge is 0.179 e. The van der Waals surface area contributed by atoms with Crippen molar-refractivity contribution in [3.8, 4) is 22.5 Å². The van der Waals surface area contributed by atoms with Crippen LogP contribution >= 0.6 is 11.8 Å². The fourth-order valence-corrected chi connectivity index (χ4v) is 2.76. The number of rotatable bonds is 3. The summed E-state index contributed by atoms with van der Waals surface area (Å²) in [4.78, 5) is 7.90. The molecule has 6 nitrogen and oxygen atoms in total. The third-order valence-electron chi connectivity index (χ3n) is 3.48. The number of aromatic amines is 1. The van der Waals surface area contributed by atoms with Gasteiger partial charge in [-0.15, -0.1) is 5.10 Å². The molecule has 0 aliphatic carbocycles. The summed E-state index contributed by atoms with van der Waals surface area (Å²) in [5.74, 6) is -0.268. The largest absolute Gasteiger partial charge is 0.332 e. The van der Waals surface area contributed by atoms with Crippen molar-refractivity contribution < 1.29 is 4.39 Å². The minimum atomic E-state index is -0.268. The first-order valence-corrected chi connectivity index (χ1v) is 8.05. The van der Waals surface area contributed by atoms with Crippen LogP contribution in [0.25, 0.3) is 28.2 Å². The highest BCUT2D eigenvalue weighted by Crippen LogP contribution is 2.32. The van der Waals surface area contributed by atoms with Crippen molar-refractivity contribution in [1.29, 1.82) is 0 Å². The number of thioether (sulfide) groups is 1. The zero-order chi connectivity index (χ0) is 15.8. The van der Waals surface area contributed by atoms with E-state index < -0.39 is 0 Å². The Kier molecular flexibility index (Phi) is 3.30. The lowest BCUT2D eigenvalue weighted by Crippen LogP contribution is -1.89. The summed E-state index contributed by atoms with van der Waals surface area (Å²) in [6.45, 7) is 0. The van der Waals surface area contributed by atoms with Crippen molar-refractivity contribution in [2.24, 2.45) is 0 Å². The van der Waals surface area contributed by atoms with Gasteiger partial charge in [0, 0.05) is 17.3 Å². The van der Waals surface area contributed by atoms with Crippen LogP contribution in [0.4, 0.5) is 4.39 Å². The highest BCUT2D eigenvalue weighted by molar-refractivity contribution is 7.98. The molecule has 4 aromatic rings. The number of tetrazole rings is 1. The number of fused-ring (bicyclic) bond motifs is 1. The van der Waals surface area contributed by atoms with Gasteiger partial charge in [0.1, 0.15) is 5.82 Å². The molecule has 3 aromatic heterocycles. The monoisotopic (exact) mass is 326 g/mol. The molecular formula is C15H11FN6S. The number of halogens is 1. The van der Waals surface area contributed by atoms with E-state index >= 15 is 0 Å². The molecule has 1 aromatic carbocycles. The van der Waals surface area contributed by atoms with Gasteiger partial charge in [0.05, 0.1) is 11.4 Å². The second kappa shape index (κ2) is 5.47. The maximum Gasteiger partial charge on any atom is 0.179 e. The maximum atomic E-state index is 13.2. The number of imidazole rings is 1. The van der Waals surface area contributed by atoms with Crippen LogP contribution in [0.5, 0.6) is 0 Å². The molecule has 0 saturated carbocycles. The van der Waals surface area contributed by atoms with Gasteiger partial charge < -0.3 is 4.98 Å². The summed E-state index contributed by atoms with van der Waals surface area (Å²) in [7, 11) is 0. The number of H-pyrrole nitrogens is 1. The molecule has 23 heavy (non-hydrogen) atoms. The van der Waals surface area contributed by atoms with E-state index in [1.807, 2.05) is 18.4 Å². The fourth-order valence-electron chi connectivity index (χ4n) is 2.37. The molecule has 4 rings (SSSR count). The van der Waals surface area contributed by atoms with E-state index in [1.165, 1.54) is 23.9 Å². The SMILES string of the molecule is CSc1nc(-c2ccn3nnnc3c2)c(-c2ccc(F)cc2)[nH]1. The summed E-state index contributed by atoms with van der Waals surface area (Å²) < 4.78 is 14.8. The van der Waals surface area contributed by atoms with Crippen molar-refractivity contribution in [2.45, 2.75) is 5.16 Å². The molecule has 0 aliphatic rings. The maximum absolute atomic E-state index is 13.2. The first-order chi connectivity index (χ1) is 11.2. The first kappa shape index (κ1) is 13.9. The van der Waals surface area contributed by atoms with E-state index in [0.717, 1.165) is 27.7 Å². The van der Waals surface area contributed by atoms with Crippen LogP contribution in [-0.4, -0.2) is 36.3 Å². The van der Waals surface area contributed by atoms with Gasteiger partial charge in [0.25, 0.3) is 0 Å². The van der Waals surface area contributed by atoms with Crippen LogP contribution in [0.15, 0.2) is 47.8 Å². The zero-order valence-electron chi connectivity index (χ0n) is 12.1. The number of benzene rings is 1. The van der Waals surface area contributed by atoms with Crippen LogP contribution in [0, 0.1) is 5.82 Å². The van der Waals surface area contributed by atoms with Gasteiger partial charge in [-0.05, 0) is 53.1 Å². The summed E-state index contributed by atoms with van der Waals surface area (Å²) in [6.07, 6.45) is 3.73. The predicted octanol–water partition coefficient (Wildman–Crippen LogP) is 3.04. The first-order valence-electron chi connectivity index (χ1n) is 6.82. The van der Waals surface area contributed by atoms with Crippen LogP contribution in [0.3, 0.4) is 0 Å². The van der Waals surface area contributed by atoms with Crippen LogP contribution in [0.1, 0.15) is 0 Å². The van der Waals surface area contributed by atoms with E-state index in [4.69, 9.17) is 0 Å². The Morgan fingerprint density at radius 2 is 1.96 bits per heavy atom. The topological polar surface area (TPSA) is 71.8 Å². The van der Waals surface area contributed by atoms with E-state index in [1.54, 1.807) is 22.8 Å². The van der Waals surface area contributed by atoms with Crippen LogP contribution in [-0.2, 0) is 0 Å². The Labute approximate surface area is 134 Å². The molecule has 0 unspecified atom stereocenters. The lowest BCUT2D eigenvalue weighted by atomic mass is 10.1. The molecule has 0 atom stereocenters. The zero-order valence-corrected chi connectivity index (χ0v) is 12.9. The second-order valence-electron chi connectivity index (χ2n) is 4.87. The number of aromatic nitrogens is 6. The van der Waals surface area contributed by atoms with Gasteiger partial charge in [-0.2, -0.15) is 0 Å². The second-order valence-corrected chi connectivity index (χ2v) is 5.67. The lowest BCUT2D eigenvalue weighted by Gasteiger charge is -2.03. The number of hydrogen-bond acceptors (Lipinski definition) is 5. The molecule has 0 amide bonds. The molecule has 1 N–H and O–H groups in total. The molecule has 8 heteroatoms. The van der Waals surface area contributed by atoms with Gasteiger partial charge >= 0.3 is 0 Å². The van der Waals surface area contributed by atoms with Gasteiger partial charge in [0.2, 0.25) is 0 Å². The van der Waals surface area contributed by atoms with Crippen molar-refractivity contribution in [1.82, 2.24) is 30.0 Å². The highest BCUT2D eigenvalue weighted by Gasteiger charge is 2.15. The average molecular weight is 326 g/mol. The number of pyridine rings is 1. The molecule has 0 radical (unpaired) electrons. The van der Waals surface area contributed by atoms with Crippen LogP contribution in [0.2, 0.25) is 0 Å². The Balaban J connectivity index is 1.89. The van der Waals surface area contributed by atoms with Gasteiger partial charge in [0.15, 0.2) is 10.8 Å². The minimum Gasteiger partial charge on any atom is -0.332 e. The number of hydrogen-bond donors (Lipinski definition) is 1. The summed E-state index contributed by atoms with van der Waals surface area (Å²) in [5.41, 5.74) is 4.02. The molecular weight excluding hydrogens is 315 g/mol. The van der Waals surface area contributed by atoms with E-state index in [-0.39, 0.29) is 5.82 Å². The summed E-state index contributed by atoms with van der Waals surface area (Å²) in [6, 6.07) is 10.1. The van der Waals surface area contributed by atoms with Gasteiger partial charge in [-0.3, -0.25) is 0 Å². The molecule has 0 fully saturated rings. The van der Waals surface area contributed by atoms with E-state index in [0.29, 0.717) is 5.65 Å². The lowest BCUT2D eigenvalue weighted by molar-refractivity contribution is 0.628. The van der Waals surface area contributed by atoms with Gasteiger partial charge in [-0.1, -0.05) is 11.8 Å². The standard InChI is InChI=1S/C15H11FN6S/c1-23-15-17-13(9-2-4-11(16)5-3-9)14(18-15)10-6-7-22-12(8-10)19-20-21-22/h2-8H,1H3,(H,17,18). The quantitative estimate of drug-likeness (QED) is 0.586. The van der Waals surface area contributed by atoms with E-state index in [9.17, 15) is 4.39 Å². The minimum absolute atomic E-state index is 0.268. The highest BCUT2D eigenvalue weighted by atomic mass is 32.2. The molecule has 114 valence electrons. The van der Waals surface area contributed by atoms with Gasteiger partial charge in [-0.25, -0.2) is 13.9 Å². The molecule has 0 aliphatic heterocycles. The normalized spacial score (nSPS) is 11.2. The fraction of sp³-hybridized carbons (Fsp3) is 0.0667. The Bertz CT molecular complexity index is 975. The average Bonchev–Trinajstić information content (AvgIpc) is 3.21. The van der Waals surface area contributed by atoms with Crippen molar-refractivity contribution >= 4 is 17.4 Å². The Morgan fingerprint density at radius 1 is 1.13 bits per heavy atom. The Morgan fingerprint density at radius 3 is 2.74 bits per heavy atom. The van der Waals surface area contributed by atoms with E-state index in [2.05, 4.69) is 25.5 Å². The summed E-state index contributed by atoms with van der Waals surface area (Å²) >= 11 is 1.52.